The second-order valence-electron chi connectivity index (χ2n) is 7.94. The molecule has 0 unspecified atom stereocenters. The zero-order chi connectivity index (χ0) is 26.8. The number of benzene rings is 2. The number of nitrogens with one attached hydrogen (secondary N) is 2. The smallest absolute Gasteiger partial charge is 0.306 e. The quantitative estimate of drug-likeness (QED) is 0.224. The molecule has 0 fully saturated rings. The zero-order valence-electron chi connectivity index (χ0n) is 19.7. The van der Waals surface area contributed by atoms with Gasteiger partial charge in [-0.1, -0.05) is 24.3 Å². The molecule has 2 rings (SSSR count). The van der Waals surface area contributed by atoms with Gasteiger partial charge >= 0.3 is 5.97 Å². The minimum atomic E-state index is -1.42. The van der Waals surface area contributed by atoms with Gasteiger partial charge in [0.15, 0.2) is 0 Å². The van der Waals surface area contributed by atoms with E-state index in [9.17, 15) is 33.7 Å². The van der Waals surface area contributed by atoms with Crippen LogP contribution in [0.3, 0.4) is 0 Å². The van der Waals surface area contributed by atoms with Crippen molar-refractivity contribution in [2.24, 2.45) is 5.73 Å². The molecule has 3 amide bonds. The molecule has 2 aromatic rings. The number of non-ortho nitro benzene ring substituents is 1. The highest BCUT2D eigenvalue weighted by atomic mass is 19.1. The van der Waals surface area contributed by atoms with Crippen LogP contribution in [-0.2, 0) is 30.3 Å². The number of ether oxygens (including phenoxy) is 1. The Morgan fingerprint density at radius 2 is 1.67 bits per heavy atom. The Kier molecular flexibility index (Phi) is 10.0. The number of primary amides is 1. The Balaban J connectivity index is 2.37. The lowest BCUT2D eigenvalue weighted by Crippen LogP contribution is -2.55. The van der Waals surface area contributed by atoms with Crippen LogP contribution in [0.2, 0.25) is 0 Å². The van der Waals surface area contributed by atoms with E-state index in [2.05, 4.69) is 10.6 Å². The molecule has 192 valence electrons. The molecule has 0 aromatic heterocycles. The number of amides is 3. The number of nitro benzene ring substituents is 1. The second-order valence-corrected chi connectivity index (χ2v) is 7.94. The maximum absolute atomic E-state index is 13.3. The molecule has 0 saturated heterocycles. The van der Waals surface area contributed by atoms with Gasteiger partial charge in [-0.3, -0.25) is 29.3 Å². The molecule has 0 saturated carbocycles. The van der Waals surface area contributed by atoms with Gasteiger partial charge < -0.3 is 21.1 Å². The van der Waals surface area contributed by atoms with Crippen LogP contribution < -0.4 is 16.4 Å². The molecule has 36 heavy (non-hydrogen) atoms. The lowest BCUT2D eigenvalue weighted by atomic mass is 9.87. The maximum Gasteiger partial charge on any atom is 0.306 e. The highest BCUT2D eigenvalue weighted by molar-refractivity contribution is 5.92. The average molecular weight is 502 g/mol. The largest absolute Gasteiger partial charge is 0.466 e. The number of carbonyl (C=O) groups excluding carboxylic acids is 4. The third-order valence-electron chi connectivity index (χ3n) is 5.28. The van der Waals surface area contributed by atoms with E-state index < -0.39 is 52.4 Å². The van der Waals surface area contributed by atoms with E-state index in [1.165, 1.54) is 55.5 Å². The Morgan fingerprint density at radius 1 is 1.06 bits per heavy atom. The maximum atomic E-state index is 13.3. The average Bonchev–Trinajstić information content (AvgIpc) is 2.82. The first-order valence-electron chi connectivity index (χ1n) is 11.0. The van der Waals surface area contributed by atoms with Crippen molar-refractivity contribution in [3.63, 3.8) is 0 Å². The summed E-state index contributed by atoms with van der Waals surface area (Å²) in [5.74, 6) is -4.43. The summed E-state index contributed by atoms with van der Waals surface area (Å²) in [5.41, 5.74) is 6.24. The summed E-state index contributed by atoms with van der Waals surface area (Å²) < 4.78 is 18.2. The van der Waals surface area contributed by atoms with E-state index in [1.54, 1.807) is 6.92 Å². The number of nitrogens with zero attached hydrogens (tertiary/aromatic N) is 1. The van der Waals surface area contributed by atoms with Gasteiger partial charge in [-0.05, 0) is 30.2 Å². The van der Waals surface area contributed by atoms with Gasteiger partial charge in [-0.2, -0.15) is 0 Å². The van der Waals surface area contributed by atoms with E-state index in [4.69, 9.17) is 10.5 Å². The molecule has 0 radical (unpaired) electrons. The third-order valence-corrected chi connectivity index (χ3v) is 5.28. The summed E-state index contributed by atoms with van der Waals surface area (Å²) in [5, 5.41) is 16.0. The SMILES string of the molecule is CCOC(=O)C[C@H](c1ccc([N+](=O)[O-])cc1)[C@H](NC(=O)[C@H](Cc1ccc(F)cc1)NC(C)=O)C(N)=O. The fourth-order valence-electron chi connectivity index (χ4n) is 3.61. The van der Waals surface area contributed by atoms with Crippen molar-refractivity contribution in [3.8, 4) is 0 Å². The van der Waals surface area contributed by atoms with Crippen LogP contribution in [0.25, 0.3) is 0 Å². The van der Waals surface area contributed by atoms with E-state index in [0.29, 0.717) is 11.1 Å². The lowest BCUT2D eigenvalue weighted by Gasteiger charge is -2.27. The fraction of sp³-hybridized carbons (Fsp3) is 0.333. The minimum absolute atomic E-state index is 0.0166. The minimum Gasteiger partial charge on any atom is -0.466 e. The van der Waals surface area contributed by atoms with Crippen molar-refractivity contribution in [1.29, 1.82) is 0 Å². The van der Waals surface area contributed by atoms with Gasteiger partial charge in [0.05, 0.1) is 18.0 Å². The predicted octanol–water partition coefficient (Wildman–Crippen LogP) is 1.49. The molecular formula is C24H27FN4O7. The topological polar surface area (TPSA) is 171 Å². The number of nitro groups is 1. The predicted molar refractivity (Wildman–Crippen MR) is 126 cm³/mol. The number of esters is 1. The van der Waals surface area contributed by atoms with Gasteiger partial charge in [-0.25, -0.2) is 4.39 Å². The Bertz CT molecular complexity index is 1110. The van der Waals surface area contributed by atoms with Crippen molar-refractivity contribution >= 4 is 29.4 Å². The monoisotopic (exact) mass is 502 g/mol. The standard InChI is InChI=1S/C24H27FN4O7/c1-3-36-21(31)13-19(16-6-10-18(11-7-16)29(34)35)22(23(26)32)28-24(33)20(27-14(2)30)12-15-4-8-17(25)9-5-15/h4-11,19-20,22H,3,12-13H2,1-2H3,(H2,26,32)(H,27,30)(H,28,33)/t19-,20+,22+/m1/s1. The van der Waals surface area contributed by atoms with Gasteiger partial charge in [0.25, 0.3) is 5.69 Å². The van der Waals surface area contributed by atoms with Crippen molar-refractivity contribution in [2.75, 3.05) is 6.61 Å². The molecule has 0 aliphatic rings. The normalized spacial score (nSPS) is 13.1. The number of rotatable bonds is 12. The summed E-state index contributed by atoms with van der Waals surface area (Å²) in [6, 6.07) is 7.84. The summed E-state index contributed by atoms with van der Waals surface area (Å²) >= 11 is 0. The molecule has 2 aromatic carbocycles. The van der Waals surface area contributed by atoms with Crippen molar-refractivity contribution in [3.05, 3.63) is 75.6 Å². The van der Waals surface area contributed by atoms with Crippen molar-refractivity contribution < 1.29 is 33.2 Å². The van der Waals surface area contributed by atoms with Crippen LogP contribution in [-0.4, -0.2) is 47.3 Å². The summed E-state index contributed by atoms with van der Waals surface area (Å²) in [7, 11) is 0. The van der Waals surface area contributed by atoms with Gasteiger partial charge in [-0.15, -0.1) is 0 Å². The molecule has 0 aliphatic heterocycles. The van der Waals surface area contributed by atoms with E-state index in [1.807, 2.05) is 0 Å². The molecule has 0 aliphatic carbocycles. The first-order valence-corrected chi connectivity index (χ1v) is 11.0. The van der Waals surface area contributed by atoms with Crippen LogP contribution in [0.4, 0.5) is 10.1 Å². The molecule has 0 heterocycles. The van der Waals surface area contributed by atoms with E-state index >= 15 is 0 Å². The molecule has 3 atom stereocenters. The fourth-order valence-corrected chi connectivity index (χ4v) is 3.61. The second kappa shape index (κ2) is 12.9. The van der Waals surface area contributed by atoms with Gasteiger partial charge in [0.2, 0.25) is 17.7 Å². The zero-order valence-corrected chi connectivity index (χ0v) is 19.7. The first-order chi connectivity index (χ1) is 17.0. The molecule has 11 nitrogen and oxygen atoms in total. The number of carbonyl (C=O) groups is 4. The van der Waals surface area contributed by atoms with Crippen molar-refractivity contribution in [1.82, 2.24) is 10.6 Å². The molecule has 0 spiro atoms. The number of nitrogens with two attached hydrogens (primary N) is 1. The highest BCUT2D eigenvalue weighted by Crippen LogP contribution is 2.27. The van der Waals surface area contributed by atoms with Gasteiger partial charge in [0, 0.05) is 31.4 Å². The van der Waals surface area contributed by atoms with Gasteiger partial charge in [0.1, 0.15) is 17.9 Å². The van der Waals surface area contributed by atoms with Crippen LogP contribution in [0.5, 0.6) is 0 Å². The highest BCUT2D eigenvalue weighted by Gasteiger charge is 2.34. The summed E-state index contributed by atoms with van der Waals surface area (Å²) in [6.07, 6.45) is -0.375. The molecule has 12 heteroatoms. The first kappa shape index (κ1) is 27.9. The summed E-state index contributed by atoms with van der Waals surface area (Å²) in [4.78, 5) is 60.0. The number of hydrogen-bond acceptors (Lipinski definition) is 7. The van der Waals surface area contributed by atoms with Crippen LogP contribution in [0, 0.1) is 15.9 Å². The molecular weight excluding hydrogens is 475 g/mol. The Labute approximate surface area is 206 Å². The molecule has 4 N–H and O–H groups in total. The van der Waals surface area contributed by atoms with E-state index in [-0.39, 0.29) is 25.1 Å². The molecule has 0 bridgehead atoms. The summed E-state index contributed by atoms with van der Waals surface area (Å²) in [6.45, 7) is 2.87. The van der Waals surface area contributed by atoms with Crippen LogP contribution in [0.1, 0.15) is 37.3 Å². The Morgan fingerprint density at radius 3 is 2.17 bits per heavy atom. The third kappa shape index (κ3) is 8.15. The van der Waals surface area contributed by atoms with Crippen LogP contribution >= 0.6 is 0 Å². The Hall–Kier alpha value is -4.35. The number of halogens is 1. The van der Waals surface area contributed by atoms with E-state index in [0.717, 1.165) is 0 Å². The number of hydrogen-bond donors (Lipinski definition) is 3. The van der Waals surface area contributed by atoms with Crippen molar-refractivity contribution in [2.45, 2.75) is 44.7 Å². The lowest BCUT2D eigenvalue weighted by molar-refractivity contribution is -0.384. The van der Waals surface area contributed by atoms with Crippen LogP contribution in [0.15, 0.2) is 48.5 Å².